The number of amides is 4. The first-order valence-corrected chi connectivity index (χ1v) is 10.3. The molecule has 0 bridgehead atoms. The summed E-state index contributed by atoms with van der Waals surface area (Å²) in [6, 6.07) is 13.6. The second-order valence-corrected chi connectivity index (χ2v) is 7.18. The van der Waals surface area contributed by atoms with Gasteiger partial charge in [0, 0.05) is 29.2 Å². The van der Waals surface area contributed by atoms with Crippen LogP contribution in [0.1, 0.15) is 25.8 Å². The minimum absolute atomic E-state index is 0.0899. The number of carbonyl (C=O) groups is 3. The minimum Gasteiger partial charge on any atom is -0.494 e. The molecule has 2 aromatic carbocycles. The number of barbiturate groups is 1. The van der Waals surface area contributed by atoms with Gasteiger partial charge in [0.15, 0.2) is 0 Å². The molecule has 1 aliphatic heterocycles. The van der Waals surface area contributed by atoms with Crippen molar-refractivity contribution in [3.8, 4) is 5.75 Å². The molecule has 0 atom stereocenters. The van der Waals surface area contributed by atoms with Crippen molar-refractivity contribution in [3.63, 3.8) is 0 Å². The Balaban J connectivity index is 1.74. The molecule has 7 heteroatoms. The summed E-state index contributed by atoms with van der Waals surface area (Å²) in [6.45, 7) is 5.29. The number of nitrogens with one attached hydrogen (secondary N) is 1. The topological polar surface area (TPSA) is 80.6 Å². The lowest BCUT2D eigenvalue weighted by Crippen LogP contribution is -2.54. The summed E-state index contributed by atoms with van der Waals surface area (Å²) in [4.78, 5) is 39.1. The highest BCUT2D eigenvalue weighted by Crippen LogP contribution is 2.27. The van der Waals surface area contributed by atoms with Crippen LogP contribution >= 0.6 is 0 Å². The monoisotopic (exact) mass is 417 g/mol. The third-order valence-corrected chi connectivity index (χ3v) is 5.09. The van der Waals surface area contributed by atoms with Gasteiger partial charge in [-0.25, -0.2) is 9.69 Å². The maximum Gasteiger partial charge on any atom is 0.335 e. The van der Waals surface area contributed by atoms with E-state index in [1.54, 1.807) is 30.3 Å². The van der Waals surface area contributed by atoms with Crippen molar-refractivity contribution in [3.05, 3.63) is 65.9 Å². The van der Waals surface area contributed by atoms with Gasteiger partial charge in [0.05, 0.1) is 12.3 Å². The van der Waals surface area contributed by atoms with Crippen molar-refractivity contribution in [1.29, 1.82) is 0 Å². The maximum absolute atomic E-state index is 13.2. The molecule has 1 aromatic heterocycles. The molecule has 4 rings (SSSR count). The van der Waals surface area contributed by atoms with Gasteiger partial charge in [0.1, 0.15) is 11.3 Å². The molecule has 0 unspecified atom stereocenters. The zero-order valence-corrected chi connectivity index (χ0v) is 17.4. The van der Waals surface area contributed by atoms with Crippen LogP contribution in [0.15, 0.2) is 60.3 Å². The largest absolute Gasteiger partial charge is 0.494 e. The number of carbonyl (C=O) groups excluding carboxylic acids is 3. The fraction of sp³-hybridized carbons (Fsp3) is 0.208. The number of anilines is 1. The smallest absolute Gasteiger partial charge is 0.335 e. The molecule has 0 saturated carbocycles. The molecule has 3 aromatic rings. The van der Waals surface area contributed by atoms with Crippen LogP contribution in [0, 0.1) is 0 Å². The third kappa shape index (κ3) is 3.82. The Bertz CT molecular complexity index is 1190. The van der Waals surface area contributed by atoms with E-state index in [0.717, 1.165) is 34.3 Å². The molecular formula is C24H23N3O4. The van der Waals surface area contributed by atoms with Gasteiger partial charge in [0.25, 0.3) is 11.8 Å². The van der Waals surface area contributed by atoms with E-state index in [0.29, 0.717) is 18.0 Å². The molecule has 4 amide bonds. The Morgan fingerprint density at radius 2 is 1.74 bits per heavy atom. The highest BCUT2D eigenvalue weighted by Gasteiger charge is 2.37. The molecular weight excluding hydrogens is 394 g/mol. The zero-order valence-electron chi connectivity index (χ0n) is 17.4. The first-order valence-electron chi connectivity index (χ1n) is 10.3. The second kappa shape index (κ2) is 8.47. The molecule has 0 aliphatic carbocycles. The Hall–Kier alpha value is -3.87. The van der Waals surface area contributed by atoms with E-state index < -0.39 is 17.8 Å². The Labute approximate surface area is 179 Å². The summed E-state index contributed by atoms with van der Waals surface area (Å²) in [5, 5.41) is 3.21. The summed E-state index contributed by atoms with van der Waals surface area (Å²) in [5.41, 5.74) is 2.05. The van der Waals surface area contributed by atoms with Crippen molar-refractivity contribution >= 4 is 40.5 Å². The number of hydrogen-bond acceptors (Lipinski definition) is 4. The van der Waals surface area contributed by atoms with E-state index in [1.165, 1.54) is 0 Å². The molecule has 7 nitrogen and oxygen atoms in total. The van der Waals surface area contributed by atoms with E-state index in [9.17, 15) is 14.4 Å². The molecule has 2 heterocycles. The molecule has 1 N–H and O–H groups in total. The second-order valence-electron chi connectivity index (χ2n) is 7.18. The number of rotatable bonds is 6. The summed E-state index contributed by atoms with van der Waals surface area (Å²) >= 11 is 0. The van der Waals surface area contributed by atoms with Crippen LogP contribution < -0.4 is 15.0 Å². The fourth-order valence-corrected chi connectivity index (χ4v) is 3.72. The number of aromatic nitrogens is 1. The summed E-state index contributed by atoms with van der Waals surface area (Å²) in [6.07, 6.45) is 4.44. The number of imide groups is 2. The van der Waals surface area contributed by atoms with Gasteiger partial charge in [-0.2, -0.15) is 0 Å². The molecule has 1 aliphatic rings. The molecule has 1 fully saturated rings. The number of para-hydroxylation sites is 1. The van der Waals surface area contributed by atoms with Gasteiger partial charge in [-0.15, -0.1) is 0 Å². The lowest BCUT2D eigenvalue weighted by Gasteiger charge is -2.26. The SMILES string of the molecule is CCCn1cc(/C=C2\C(=O)NC(=O)N(c3ccc(OCC)cc3)C2=O)c2ccccc21. The van der Waals surface area contributed by atoms with Gasteiger partial charge in [-0.3, -0.25) is 14.9 Å². The summed E-state index contributed by atoms with van der Waals surface area (Å²) in [7, 11) is 0. The van der Waals surface area contributed by atoms with Gasteiger partial charge in [-0.05, 0) is 49.8 Å². The average Bonchev–Trinajstić information content (AvgIpc) is 3.10. The number of fused-ring (bicyclic) bond motifs is 1. The molecule has 31 heavy (non-hydrogen) atoms. The Morgan fingerprint density at radius 3 is 2.45 bits per heavy atom. The Morgan fingerprint density at radius 1 is 1.00 bits per heavy atom. The van der Waals surface area contributed by atoms with Gasteiger partial charge >= 0.3 is 6.03 Å². The molecule has 158 valence electrons. The van der Waals surface area contributed by atoms with Crippen LogP contribution in [0.3, 0.4) is 0 Å². The third-order valence-electron chi connectivity index (χ3n) is 5.09. The first kappa shape index (κ1) is 20.4. The number of urea groups is 1. The van der Waals surface area contributed by atoms with Gasteiger partial charge < -0.3 is 9.30 Å². The minimum atomic E-state index is -0.773. The first-order chi connectivity index (χ1) is 15.0. The average molecular weight is 417 g/mol. The van der Waals surface area contributed by atoms with Crippen molar-refractivity contribution in [2.75, 3.05) is 11.5 Å². The molecule has 1 saturated heterocycles. The number of hydrogen-bond donors (Lipinski definition) is 1. The fourth-order valence-electron chi connectivity index (χ4n) is 3.72. The molecule has 0 radical (unpaired) electrons. The van der Waals surface area contributed by atoms with Gasteiger partial charge in [-0.1, -0.05) is 25.1 Å². The maximum atomic E-state index is 13.2. The predicted molar refractivity (Wildman–Crippen MR) is 119 cm³/mol. The van der Waals surface area contributed by atoms with Crippen LogP contribution in [-0.2, 0) is 16.1 Å². The molecule has 0 spiro atoms. The van der Waals surface area contributed by atoms with Crippen LogP contribution in [0.25, 0.3) is 17.0 Å². The van der Waals surface area contributed by atoms with Crippen molar-refractivity contribution < 1.29 is 19.1 Å². The van der Waals surface area contributed by atoms with Crippen LogP contribution in [0.2, 0.25) is 0 Å². The van der Waals surface area contributed by atoms with Crippen LogP contribution in [-0.4, -0.2) is 29.0 Å². The Kier molecular flexibility index (Phi) is 5.58. The van der Waals surface area contributed by atoms with E-state index in [-0.39, 0.29) is 5.57 Å². The van der Waals surface area contributed by atoms with Crippen molar-refractivity contribution in [2.24, 2.45) is 0 Å². The van der Waals surface area contributed by atoms with Crippen molar-refractivity contribution in [1.82, 2.24) is 9.88 Å². The number of ether oxygens (including phenoxy) is 1. The number of nitrogens with zero attached hydrogens (tertiary/aromatic N) is 2. The summed E-state index contributed by atoms with van der Waals surface area (Å²) in [5.74, 6) is -0.735. The lowest BCUT2D eigenvalue weighted by atomic mass is 10.1. The van der Waals surface area contributed by atoms with E-state index in [1.807, 2.05) is 37.4 Å². The number of aryl methyl sites for hydroxylation is 1. The van der Waals surface area contributed by atoms with Crippen LogP contribution in [0.5, 0.6) is 5.75 Å². The standard InChI is InChI=1S/C24H23N3O4/c1-3-13-26-15-16(19-7-5-6-8-21(19)26)14-20-22(28)25-24(30)27(23(20)29)17-9-11-18(12-10-17)31-4-2/h5-12,14-15H,3-4,13H2,1-2H3,(H,25,28,30)/b20-14+. The van der Waals surface area contributed by atoms with Crippen LogP contribution in [0.4, 0.5) is 10.5 Å². The van der Waals surface area contributed by atoms with E-state index >= 15 is 0 Å². The van der Waals surface area contributed by atoms with E-state index in [2.05, 4.69) is 16.8 Å². The zero-order chi connectivity index (χ0) is 22.0. The number of benzene rings is 2. The van der Waals surface area contributed by atoms with E-state index in [4.69, 9.17) is 4.74 Å². The summed E-state index contributed by atoms with van der Waals surface area (Å²) < 4.78 is 7.51. The highest BCUT2D eigenvalue weighted by atomic mass is 16.5. The lowest BCUT2D eigenvalue weighted by molar-refractivity contribution is -0.122. The quantitative estimate of drug-likeness (QED) is 0.483. The van der Waals surface area contributed by atoms with Gasteiger partial charge in [0.2, 0.25) is 0 Å². The predicted octanol–water partition coefficient (Wildman–Crippen LogP) is 4.12. The normalized spacial score (nSPS) is 15.6. The van der Waals surface area contributed by atoms with Crippen molar-refractivity contribution in [2.45, 2.75) is 26.8 Å². The highest BCUT2D eigenvalue weighted by molar-refractivity contribution is 6.39.